The van der Waals surface area contributed by atoms with E-state index in [0.29, 0.717) is 87.0 Å². The Kier molecular flexibility index (Phi) is 48.8. The van der Waals surface area contributed by atoms with E-state index in [2.05, 4.69) is 112 Å². The Morgan fingerprint density at radius 2 is 0.748 bits per heavy atom. The molecule has 0 aliphatic carbocycles. The van der Waals surface area contributed by atoms with Crippen LogP contribution in [0.4, 0.5) is 0 Å². The van der Waals surface area contributed by atoms with Crippen molar-refractivity contribution in [3.63, 3.8) is 0 Å². The number of hydrazine groups is 2. The van der Waals surface area contributed by atoms with Gasteiger partial charge in [-0.2, -0.15) is 0 Å². The summed E-state index contributed by atoms with van der Waals surface area (Å²) in [4.78, 5) is 160. The van der Waals surface area contributed by atoms with Crippen LogP contribution in [0, 0.1) is 27.0 Å². The lowest BCUT2D eigenvalue weighted by Crippen LogP contribution is -2.60. The molecule has 1 aromatic carbocycles. The fourth-order valence-electron chi connectivity index (χ4n) is 11.9. The summed E-state index contributed by atoms with van der Waals surface area (Å²) in [6, 6.07) is -4.53. The van der Waals surface area contributed by atoms with Gasteiger partial charge in [0.05, 0.1) is 12.1 Å². The van der Waals surface area contributed by atoms with Gasteiger partial charge in [-0.25, -0.2) is 4.98 Å². The van der Waals surface area contributed by atoms with Crippen LogP contribution >= 0.6 is 27.3 Å². The fraction of sp³-hybridized carbons (Fsp3) is 0.638. The number of hydrogen-bond donors (Lipinski definition) is 32. The third-order valence-electron chi connectivity index (χ3n) is 17.9. The third kappa shape index (κ3) is 42.0. The Balaban J connectivity index is 1.77. The molecule has 0 bridgehead atoms. The predicted molar refractivity (Wildman–Crippen MR) is 443 cm³/mol. The quantitative estimate of drug-likeness (QED) is 0.00824. The molecule has 2 aromatic heterocycles. The van der Waals surface area contributed by atoms with Crippen molar-refractivity contribution in [3.05, 3.63) is 38.9 Å². The summed E-state index contributed by atoms with van der Waals surface area (Å²) in [5, 5.41) is 80.2. The van der Waals surface area contributed by atoms with Gasteiger partial charge in [0.25, 0.3) is 5.56 Å². The molecule has 41 N–H and O–H groups in total. The van der Waals surface area contributed by atoms with Gasteiger partial charge in [0.2, 0.25) is 59.1 Å². The molecule has 0 aliphatic rings. The van der Waals surface area contributed by atoms with Crippen molar-refractivity contribution in [2.45, 2.75) is 215 Å². The highest BCUT2D eigenvalue weighted by Gasteiger charge is 2.35. The second kappa shape index (κ2) is 56.8. The molecule has 115 heavy (non-hydrogen) atoms. The predicted octanol–water partition coefficient (Wildman–Crippen LogP) is -5.48. The number of carbonyl (C=O) groups excluding carboxylic acids is 10. The Morgan fingerprint density at radius 1 is 0.409 bits per heavy atom. The number of nitrogens with one attached hydrogen (secondary N) is 23. The number of nitrogens with zero attached hydrogens (tertiary/aromatic N) is 1. The van der Waals surface area contributed by atoms with E-state index in [1.165, 1.54) is 11.3 Å². The number of thiophene rings is 1. The summed E-state index contributed by atoms with van der Waals surface area (Å²) < 4.78 is 2.40. The number of nitrogens with two attached hydrogens (primary N) is 9. The number of rotatable bonds is 62. The van der Waals surface area contributed by atoms with Crippen LogP contribution in [0.15, 0.2) is 27.5 Å². The van der Waals surface area contributed by atoms with Crippen molar-refractivity contribution in [1.29, 1.82) is 27.0 Å². The molecule has 644 valence electrons. The molecule has 46 heteroatoms. The standard InChI is InChI=1S/C69H124BrN33O11S/c70-40-26-27-50-41(38-40)54-55(115-50)64(114)103-51(102-54)39-85-29-7-1-3-24-52(104)94-43(17-9-31-87-65(73)74)57(107)86-30-8-2-4-25-53(105)95-44(18-10-32-88-66(75)76)58(108)97-45(19-11-33-89-67(77)78)60(110)98-47(21-13-35-91-69(81)82)62(112)101-49(23-15-37-93-84)63(113)99-46(20-12-34-90-68(79)80)61(111)100-48(22-14-36-92-83)59(109)96-42(56(72)106)16-5-6-28-71/h26-27,38,42-49,85,92-93H,1-25,28-37,39,71,83-84H2,(H2,72,106)(H,86,107)(H,94,104)(H,95,105)(H,96,109)(H,97,108)(H,98,110)(H,99,113)(H,100,111)(H,101,112)(H4,73,74,87)(H4,75,76,88)(H4,77,78,89)(H4,79,80,90)(H4,81,82,91)(H,102,103,114)/t42-,43-,44-,45?,46-,47-,48?,49?/m1/s1. The molecule has 2 heterocycles. The molecule has 44 nitrogen and oxygen atoms in total. The van der Waals surface area contributed by atoms with Gasteiger partial charge in [-0.3, -0.25) is 102 Å². The van der Waals surface area contributed by atoms with Gasteiger partial charge in [-0.1, -0.05) is 28.8 Å². The van der Waals surface area contributed by atoms with Crippen LogP contribution in [0.1, 0.15) is 166 Å². The molecular formula is C69H124BrN33O11S. The molecule has 0 radical (unpaired) electrons. The first-order chi connectivity index (χ1) is 55.0. The molecule has 0 saturated carbocycles. The summed E-state index contributed by atoms with van der Waals surface area (Å²) in [6.07, 6.45) is 5.46. The topological polar surface area (TPSA) is 774 Å². The molecule has 3 aromatic rings. The molecular weight excluding hydrogens is 1580 g/mol. The lowest BCUT2D eigenvalue weighted by molar-refractivity contribution is -0.136. The number of guanidine groups is 5. The second-order valence-corrected chi connectivity index (χ2v) is 29.4. The fourth-order valence-corrected chi connectivity index (χ4v) is 13.3. The molecule has 3 rings (SSSR count). The maximum Gasteiger partial charge on any atom is 0.268 e. The molecule has 8 atom stereocenters. The summed E-state index contributed by atoms with van der Waals surface area (Å²) in [5.41, 5.74) is 44.3. The van der Waals surface area contributed by atoms with Gasteiger partial charge in [-0.15, -0.1) is 11.3 Å². The molecule has 0 saturated heterocycles. The minimum atomic E-state index is -1.48. The van der Waals surface area contributed by atoms with E-state index in [9.17, 15) is 52.7 Å². The van der Waals surface area contributed by atoms with Gasteiger partial charge < -0.3 is 125 Å². The van der Waals surface area contributed by atoms with Gasteiger partial charge in [0, 0.05) is 79.8 Å². The average Bonchev–Trinajstić information content (AvgIpc) is 1.62. The molecule has 10 amide bonds. The van der Waals surface area contributed by atoms with Gasteiger partial charge in [-0.05, 0) is 166 Å². The van der Waals surface area contributed by atoms with Gasteiger partial charge >= 0.3 is 0 Å². The normalized spacial score (nSPS) is 13.1. The number of unbranched alkanes of at least 4 members (excludes halogenated alkanes) is 5. The zero-order chi connectivity index (χ0) is 85.0. The number of fused-ring (bicyclic) bond motifs is 3. The maximum absolute atomic E-state index is 14.7. The highest BCUT2D eigenvalue weighted by atomic mass is 79.9. The number of halogens is 1. The average molecular weight is 1700 g/mol. The number of H-pyrrole nitrogens is 1. The Hall–Kier alpha value is -10.4. The van der Waals surface area contributed by atoms with Crippen molar-refractivity contribution in [2.24, 2.45) is 51.8 Å². The lowest BCUT2D eigenvalue weighted by Gasteiger charge is -2.28. The number of amides is 10. The van der Waals surface area contributed by atoms with Crippen molar-refractivity contribution in [2.75, 3.05) is 65.4 Å². The van der Waals surface area contributed by atoms with Crippen molar-refractivity contribution in [1.82, 2.24) is 101 Å². The Bertz CT molecular complexity index is 3700. The van der Waals surface area contributed by atoms with Gasteiger partial charge in [0.15, 0.2) is 29.8 Å². The smallest absolute Gasteiger partial charge is 0.268 e. The second-order valence-electron chi connectivity index (χ2n) is 27.4. The summed E-state index contributed by atoms with van der Waals surface area (Å²) in [6.45, 7) is 2.37. The first-order valence-electron chi connectivity index (χ1n) is 38.7. The van der Waals surface area contributed by atoms with Crippen LogP contribution < -0.4 is 148 Å². The SMILES string of the molecule is N=C(N)NCCCC(NC(=O)[C@@H](CCCNC(=N)N)NC(=O)CCCCCNC(=O)[C@@H](CCCNC(=N)N)NC(=O)CCCCCNCc1nc2c(sc3ccc(Br)cc32)c(=O)[nH]1)C(=O)N[C@H](CCCNC(=N)N)C(=O)NC(CCCNN)C(=O)N[C@H](CCCNC(=N)N)C(=O)NC(CCCNN)C(=O)N[C@H](CCCCN)C(N)=O. The van der Waals surface area contributed by atoms with Crippen molar-refractivity contribution < 1.29 is 47.9 Å². The van der Waals surface area contributed by atoms with Crippen LogP contribution in [0.2, 0.25) is 0 Å². The summed E-state index contributed by atoms with van der Waals surface area (Å²) >= 11 is 4.88. The minimum Gasteiger partial charge on any atom is -0.370 e. The van der Waals surface area contributed by atoms with E-state index < -0.39 is 107 Å². The van der Waals surface area contributed by atoms with E-state index in [1.54, 1.807) is 0 Å². The molecule has 0 fully saturated rings. The lowest BCUT2D eigenvalue weighted by atomic mass is 10.0. The molecule has 0 aliphatic heterocycles. The number of aromatic nitrogens is 2. The van der Waals surface area contributed by atoms with Crippen LogP contribution in [-0.4, -0.2) is 213 Å². The van der Waals surface area contributed by atoms with Crippen LogP contribution in [0.25, 0.3) is 20.3 Å². The number of primary amides is 1. The van der Waals surface area contributed by atoms with E-state index in [0.717, 1.165) is 21.0 Å². The number of aromatic amines is 1. The largest absolute Gasteiger partial charge is 0.370 e. The van der Waals surface area contributed by atoms with E-state index >= 15 is 0 Å². The Labute approximate surface area is 680 Å². The Morgan fingerprint density at radius 3 is 1.11 bits per heavy atom. The zero-order valence-corrected chi connectivity index (χ0v) is 67.6. The van der Waals surface area contributed by atoms with Crippen molar-refractivity contribution in [3.8, 4) is 0 Å². The van der Waals surface area contributed by atoms with E-state index in [-0.39, 0.29) is 190 Å². The first-order valence-corrected chi connectivity index (χ1v) is 40.3. The van der Waals surface area contributed by atoms with Crippen LogP contribution in [0.3, 0.4) is 0 Å². The van der Waals surface area contributed by atoms with Gasteiger partial charge in [0.1, 0.15) is 58.9 Å². The maximum atomic E-state index is 14.7. The minimum absolute atomic E-state index is 0.00911. The van der Waals surface area contributed by atoms with Crippen molar-refractivity contribution >= 4 is 136 Å². The first kappa shape index (κ1) is 98.8. The van der Waals surface area contributed by atoms with Crippen LogP contribution in [-0.2, 0) is 54.5 Å². The highest BCUT2D eigenvalue weighted by molar-refractivity contribution is 9.10. The summed E-state index contributed by atoms with van der Waals surface area (Å²) in [7, 11) is 0. The molecule has 0 spiro atoms. The number of carbonyl (C=O) groups is 10. The van der Waals surface area contributed by atoms with E-state index in [1.807, 2.05) is 18.2 Å². The molecule has 3 unspecified atom stereocenters. The highest BCUT2D eigenvalue weighted by Crippen LogP contribution is 2.32. The number of hydrogen-bond acceptors (Lipinski definition) is 24. The zero-order valence-electron chi connectivity index (χ0n) is 65.2. The monoisotopic (exact) mass is 1700 g/mol. The third-order valence-corrected chi connectivity index (χ3v) is 19.5. The number of benzene rings is 1. The van der Waals surface area contributed by atoms with Crippen LogP contribution in [0.5, 0.6) is 0 Å². The van der Waals surface area contributed by atoms with E-state index in [4.69, 9.17) is 83.9 Å². The summed E-state index contributed by atoms with van der Waals surface area (Å²) in [5.74, 6) is 2.69.